The van der Waals surface area contributed by atoms with Crippen molar-refractivity contribution in [1.82, 2.24) is 0 Å². The third kappa shape index (κ3) is 7.42. The van der Waals surface area contributed by atoms with Gasteiger partial charge in [-0.05, 0) is 186 Å². The highest BCUT2D eigenvalue weighted by molar-refractivity contribution is 7.00. The van der Waals surface area contributed by atoms with E-state index in [1.165, 1.54) is 55.4 Å². The lowest BCUT2D eigenvalue weighted by molar-refractivity contribution is 0.332. The van der Waals surface area contributed by atoms with Crippen LogP contribution in [0, 0.1) is 6.85 Å². The van der Waals surface area contributed by atoms with Gasteiger partial charge >= 0.3 is 0 Å². The molecule has 0 saturated carbocycles. The molecule has 0 saturated heterocycles. The summed E-state index contributed by atoms with van der Waals surface area (Å²) in [7, 11) is 0. The van der Waals surface area contributed by atoms with Gasteiger partial charge in [0.2, 0.25) is 0 Å². The van der Waals surface area contributed by atoms with Crippen molar-refractivity contribution in [3.05, 3.63) is 172 Å². The third-order valence-electron chi connectivity index (χ3n) is 17.4. The summed E-state index contributed by atoms with van der Waals surface area (Å²) in [4.78, 5) is 4.93. The van der Waals surface area contributed by atoms with Crippen LogP contribution >= 0.6 is 0 Å². The van der Waals surface area contributed by atoms with Crippen LogP contribution in [-0.4, -0.2) is 6.71 Å². The molecule has 0 N–H and O–H groups in total. The topological polar surface area (TPSA) is 6.48 Å². The third-order valence-corrected chi connectivity index (χ3v) is 17.4. The number of nitrogens with zero attached hydrogens (tertiary/aromatic N) is 2. The minimum Gasteiger partial charge on any atom is -0.311 e. The fourth-order valence-corrected chi connectivity index (χ4v) is 12.7. The molecular weight excluding hydrogens is 844 g/mol. The Morgan fingerprint density at radius 3 is 1.56 bits per heavy atom. The Morgan fingerprint density at radius 1 is 0.429 bits per heavy atom. The van der Waals surface area contributed by atoms with Crippen LogP contribution in [0.25, 0.3) is 22.3 Å². The fourth-order valence-electron chi connectivity index (χ4n) is 12.7. The highest BCUT2D eigenvalue weighted by atomic mass is 15.2. The predicted molar refractivity (Wildman–Crippen MR) is 304 cm³/mol. The number of benzene rings is 7. The van der Waals surface area contributed by atoms with E-state index in [1.54, 1.807) is 0 Å². The smallest absolute Gasteiger partial charge is 0.252 e. The number of fused-ring (bicyclic) bond motifs is 6. The second-order valence-corrected chi connectivity index (χ2v) is 26.2. The van der Waals surface area contributed by atoms with Crippen molar-refractivity contribution < 1.29 is 4.11 Å². The molecule has 11 rings (SSSR count). The lowest BCUT2D eigenvalue weighted by atomic mass is 9.33. The zero-order chi connectivity index (χ0) is 52.2. The molecule has 0 radical (unpaired) electrons. The van der Waals surface area contributed by atoms with Gasteiger partial charge in [-0.15, -0.1) is 0 Å². The second-order valence-electron chi connectivity index (χ2n) is 26.2. The molecule has 3 heteroatoms. The van der Waals surface area contributed by atoms with E-state index in [0.717, 1.165) is 76.4 Å². The van der Waals surface area contributed by atoms with E-state index in [-0.39, 0.29) is 39.2 Å². The Balaban J connectivity index is 1.27. The van der Waals surface area contributed by atoms with E-state index >= 15 is 0 Å². The molecule has 2 nitrogen and oxygen atoms in total. The first-order valence-electron chi connectivity index (χ1n) is 27.6. The van der Waals surface area contributed by atoms with Crippen molar-refractivity contribution in [2.24, 2.45) is 0 Å². The largest absolute Gasteiger partial charge is 0.311 e. The molecule has 0 bridgehead atoms. The molecule has 7 aromatic rings. The van der Waals surface area contributed by atoms with Gasteiger partial charge in [0.05, 0.1) is 5.69 Å². The van der Waals surface area contributed by atoms with Crippen LogP contribution < -0.4 is 26.2 Å². The average Bonchev–Trinajstić information content (AvgIpc) is 3.33. The van der Waals surface area contributed by atoms with E-state index in [2.05, 4.69) is 228 Å². The second kappa shape index (κ2) is 15.6. The maximum absolute atomic E-state index is 9.28. The molecule has 0 fully saturated rings. The van der Waals surface area contributed by atoms with Crippen molar-refractivity contribution in [3.8, 4) is 22.3 Å². The molecule has 2 heterocycles. The van der Waals surface area contributed by atoms with Gasteiger partial charge in [-0.25, -0.2) is 0 Å². The summed E-state index contributed by atoms with van der Waals surface area (Å²) in [6.45, 7) is 30.5. The van der Waals surface area contributed by atoms with Gasteiger partial charge in [-0.2, -0.15) is 0 Å². The first-order chi connectivity index (χ1) is 34.0. The van der Waals surface area contributed by atoms with E-state index in [4.69, 9.17) is 0 Å². The van der Waals surface area contributed by atoms with Gasteiger partial charge in [0, 0.05) is 38.1 Å². The molecule has 356 valence electrons. The van der Waals surface area contributed by atoms with E-state index in [1.807, 2.05) is 12.1 Å². The molecule has 7 aromatic carbocycles. The summed E-state index contributed by atoms with van der Waals surface area (Å²) in [5, 5.41) is 0. The van der Waals surface area contributed by atoms with Crippen molar-refractivity contribution in [2.75, 3.05) is 9.80 Å². The Kier molecular flexibility index (Phi) is 9.59. The number of hydrogen-bond donors (Lipinski definition) is 0. The Morgan fingerprint density at radius 2 is 0.943 bits per heavy atom. The molecule has 2 aliphatic heterocycles. The summed E-state index contributed by atoms with van der Waals surface area (Å²) < 4.78 is 27.8. The average molecular weight is 922 g/mol. The van der Waals surface area contributed by atoms with Crippen LogP contribution in [0.1, 0.15) is 166 Å². The highest BCUT2D eigenvalue weighted by Gasteiger charge is 2.48. The minimum atomic E-state index is -2.39. The maximum Gasteiger partial charge on any atom is 0.252 e. The standard InChI is InChI=1S/C67H75BN2/c1-42-35-59-61-60(36-42)70(56-30-26-46(62(2,3)4)37-49(56)45-23-21-44(22-24-45)43-19-17-16-18-20-43)57-38-47(63(5,6)7)25-29-54(57)68(61)55-40-52-53(67(14,15)34-33-66(52,12)13)41-58(55)69(59)48-27-28-50-51(39-48)65(10,11)32-31-64(50,8)9/h16-30,35-41H,31-34H2,1-15H3/i1D3. The van der Waals surface area contributed by atoms with E-state index in [0.29, 0.717) is 5.56 Å². The van der Waals surface area contributed by atoms with Gasteiger partial charge in [0.15, 0.2) is 0 Å². The predicted octanol–water partition coefficient (Wildman–Crippen LogP) is 16.7. The molecule has 0 amide bonds. The van der Waals surface area contributed by atoms with Crippen LogP contribution in [-0.2, 0) is 32.5 Å². The Bertz CT molecular complexity index is 3360. The lowest BCUT2D eigenvalue weighted by Crippen LogP contribution is -2.62. The SMILES string of the molecule is [2H]C([2H])([2H])c1cc2c3c(c1)N(c1ccc(C(C)(C)C)cc1-c1ccc(-c4ccccc4)cc1)c1cc(C(C)(C)C)ccc1B3c1cc3c(cc1N2c1ccc2c(c1)C(C)(C)CCC2(C)C)C(C)(C)CCC3(C)C. The lowest BCUT2D eigenvalue weighted by Gasteiger charge is -2.48. The first-order valence-corrected chi connectivity index (χ1v) is 26.1. The molecule has 0 unspecified atom stereocenters. The van der Waals surface area contributed by atoms with Gasteiger partial charge < -0.3 is 9.80 Å². The zero-order valence-electron chi connectivity index (χ0n) is 47.5. The van der Waals surface area contributed by atoms with Crippen LogP contribution in [0.15, 0.2) is 133 Å². The molecule has 0 spiro atoms. The summed E-state index contributed by atoms with van der Waals surface area (Å²) in [6.07, 6.45) is 4.44. The molecular formula is C67H75BN2. The molecule has 70 heavy (non-hydrogen) atoms. The molecule has 0 aromatic heterocycles. The number of rotatable bonds is 4. The van der Waals surface area contributed by atoms with Crippen molar-refractivity contribution >= 4 is 57.2 Å². The minimum absolute atomic E-state index is 0.0280. The summed E-state index contributed by atoms with van der Waals surface area (Å²) in [5.41, 5.74) is 22.5. The summed E-state index contributed by atoms with van der Waals surface area (Å²) in [5.74, 6) is 0. The van der Waals surface area contributed by atoms with Gasteiger partial charge in [0.1, 0.15) is 0 Å². The van der Waals surface area contributed by atoms with Gasteiger partial charge in [-0.3, -0.25) is 0 Å². The van der Waals surface area contributed by atoms with E-state index in [9.17, 15) is 4.11 Å². The zero-order valence-corrected chi connectivity index (χ0v) is 44.5. The number of anilines is 6. The molecule has 2 aliphatic carbocycles. The Hall–Kier alpha value is -5.80. The Labute approximate surface area is 425 Å². The summed E-state index contributed by atoms with van der Waals surface area (Å²) in [6, 6.07) is 50.2. The van der Waals surface area contributed by atoms with Crippen LogP contribution in [0.4, 0.5) is 34.1 Å². The maximum atomic E-state index is 9.28. The van der Waals surface area contributed by atoms with Crippen LogP contribution in [0.2, 0.25) is 0 Å². The van der Waals surface area contributed by atoms with Crippen molar-refractivity contribution in [3.63, 3.8) is 0 Å². The molecule has 0 atom stereocenters. The van der Waals surface area contributed by atoms with Gasteiger partial charge in [0.25, 0.3) is 6.71 Å². The van der Waals surface area contributed by atoms with Crippen molar-refractivity contribution in [1.29, 1.82) is 0 Å². The monoisotopic (exact) mass is 922 g/mol. The van der Waals surface area contributed by atoms with E-state index < -0.39 is 6.85 Å². The quantitative estimate of drug-likeness (QED) is 0.162. The summed E-state index contributed by atoms with van der Waals surface area (Å²) >= 11 is 0. The molecule has 4 aliphatic rings. The highest BCUT2D eigenvalue weighted by Crippen LogP contribution is 2.53. The fraction of sp³-hybridized carbons (Fsp3) is 0.373. The van der Waals surface area contributed by atoms with Crippen LogP contribution in [0.5, 0.6) is 0 Å². The number of hydrogen-bond acceptors (Lipinski definition) is 2. The first kappa shape index (κ1) is 43.0. The van der Waals surface area contributed by atoms with Crippen LogP contribution in [0.3, 0.4) is 0 Å². The van der Waals surface area contributed by atoms with Gasteiger partial charge in [-0.1, -0.05) is 182 Å². The normalized spacial score (nSPS) is 18.9. The van der Waals surface area contributed by atoms with Crippen molar-refractivity contribution in [2.45, 2.75) is 162 Å². The number of aryl methyl sites for hydroxylation is 1.